The maximum atomic E-state index is 11.8. The predicted octanol–water partition coefficient (Wildman–Crippen LogP) is 1.88. The van der Waals surface area contributed by atoms with Crippen LogP contribution in [-0.2, 0) is 6.54 Å². The summed E-state index contributed by atoms with van der Waals surface area (Å²) in [5, 5.41) is 23.5. The Hall–Kier alpha value is -1.70. The minimum Gasteiger partial charge on any atom is -0.492 e. The predicted molar refractivity (Wildman–Crippen MR) is 67.2 cm³/mol. The second-order valence-corrected chi connectivity index (χ2v) is 4.72. The molecule has 0 aliphatic rings. The van der Waals surface area contributed by atoms with Crippen LogP contribution in [-0.4, -0.2) is 14.9 Å². The Morgan fingerprint density at radius 2 is 2.06 bits per heavy atom. The Morgan fingerprint density at radius 1 is 1.33 bits per heavy atom. The zero-order valence-corrected chi connectivity index (χ0v) is 10.8. The van der Waals surface area contributed by atoms with Gasteiger partial charge < -0.3 is 10.3 Å². The van der Waals surface area contributed by atoms with E-state index in [4.69, 9.17) is 5.21 Å². The van der Waals surface area contributed by atoms with Crippen LogP contribution in [0.3, 0.4) is 0 Å². The summed E-state index contributed by atoms with van der Waals surface area (Å²) in [7, 11) is 0. The van der Waals surface area contributed by atoms with E-state index >= 15 is 0 Å². The van der Waals surface area contributed by atoms with Gasteiger partial charge in [0.1, 0.15) is 0 Å². The van der Waals surface area contributed by atoms with Crippen molar-refractivity contribution in [3.63, 3.8) is 0 Å². The Kier molecular flexibility index (Phi) is 5.50. The molecule has 0 aromatic carbocycles. The normalized spacial score (nSPS) is 11.7. The summed E-state index contributed by atoms with van der Waals surface area (Å²) in [6.45, 7) is 2.33. The third-order valence-electron chi connectivity index (χ3n) is 2.48. The smallest absolute Gasteiger partial charge is 0.293 e. The summed E-state index contributed by atoms with van der Waals surface area (Å²) >= 11 is 0.554. The molecule has 0 saturated heterocycles. The number of nitroso groups, excluding NO2 is 1. The average molecular weight is 273 g/mol. The Morgan fingerprint density at radius 3 is 2.61 bits per heavy atom. The van der Waals surface area contributed by atoms with Gasteiger partial charge in [0, 0.05) is 6.54 Å². The SMILES string of the molecule is CCCCCCn1c(O)c(N=O)sc(=NO)c1=O. The highest BCUT2D eigenvalue weighted by Gasteiger charge is 2.13. The van der Waals surface area contributed by atoms with E-state index in [0.29, 0.717) is 17.8 Å². The van der Waals surface area contributed by atoms with Crippen molar-refractivity contribution in [2.24, 2.45) is 10.3 Å². The molecule has 1 heterocycles. The van der Waals surface area contributed by atoms with E-state index in [0.717, 1.165) is 23.8 Å². The summed E-state index contributed by atoms with van der Waals surface area (Å²) in [4.78, 5) is 22.3. The largest absolute Gasteiger partial charge is 0.492 e. The van der Waals surface area contributed by atoms with Crippen LogP contribution < -0.4 is 10.2 Å². The van der Waals surface area contributed by atoms with Gasteiger partial charge >= 0.3 is 0 Å². The first-order valence-corrected chi connectivity index (χ1v) is 6.45. The summed E-state index contributed by atoms with van der Waals surface area (Å²) in [6.07, 6.45) is 3.69. The molecule has 0 spiro atoms. The van der Waals surface area contributed by atoms with Crippen LogP contribution in [0.25, 0.3) is 0 Å². The average Bonchev–Trinajstić information content (AvgIpc) is 2.38. The Balaban J connectivity index is 3.09. The molecule has 8 heteroatoms. The second kappa shape index (κ2) is 6.90. The lowest BCUT2D eigenvalue weighted by Crippen LogP contribution is -2.32. The van der Waals surface area contributed by atoms with Crippen molar-refractivity contribution in [1.29, 1.82) is 0 Å². The fourth-order valence-electron chi connectivity index (χ4n) is 1.53. The van der Waals surface area contributed by atoms with Gasteiger partial charge in [-0.05, 0) is 11.6 Å². The third-order valence-corrected chi connectivity index (χ3v) is 3.38. The molecule has 1 rings (SSSR count). The maximum absolute atomic E-state index is 11.8. The van der Waals surface area contributed by atoms with Gasteiger partial charge in [-0.1, -0.05) is 42.7 Å². The lowest BCUT2D eigenvalue weighted by Gasteiger charge is -2.07. The van der Waals surface area contributed by atoms with E-state index in [-0.39, 0.29) is 16.2 Å². The van der Waals surface area contributed by atoms with Gasteiger partial charge in [-0.2, -0.15) is 0 Å². The number of hydrogen-bond acceptors (Lipinski definition) is 7. The second-order valence-electron chi connectivity index (χ2n) is 3.74. The summed E-state index contributed by atoms with van der Waals surface area (Å²) in [5.74, 6) is -0.469. The molecular weight excluding hydrogens is 258 g/mol. The highest BCUT2D eigenvalue weighted by Crippen LogP contribution is 2.26. The minimum absolute atomic E-state index is 0.266. The summed E-state index contributed by atoms with van der Waals surface area (Å²) in [5.41, 5.74) is -0.621. The van der Waals surface area contributed by atoms with Crippen LogP contribution >= 0.6 is 11.3 Å². The van der Waals surface area contributed by atoms with Gasteiger partial charge in [0.05, 0.1) is 0 Å². The van der Waals surface area contributed by atoms with Crippen LogP contribution in [0.2, 0.25) is 0 Å². The van der Waals surface area contributed by atoms with E-state index in [1.54, 1.807) is 0 Å². The first-order chi connectivity index (χ1) is 8.65. The Bertz CT molecular complexity index is 535. The van der Waals surface area contributed by atoms with Crippen molar-refractivity contribution in [1.82, 2.24) is 4.57 Å². The van der Waals surface area contributed by atoms with Crippen LogP contribution in [0.1, 0.15) is 32.6 Å². The van der Waals surface area contributed by atoms with Crippen LogP contribution in [0.4, 0.5) is 5.00 Å². The van der Waals surface area contributed by atoms with E-state index in [1.807, 2.05) is 0 Å². The maximum Gasteiger partial charge on any atom is 0.293 e. The fourth-order valence-corrected chi connectivity index (χ4v) is 2.19. The van der Waals surface area contributed by atoms with Gasteiger partial charge in [0.25, 0.3) is 5.56 Å². The molecule has 0 atom stereocenters. The molecule has 0 aliphatic heterocycles. The van der Waals surface area contributed by atoms with Crippen molar-refractivity contribution < 1.29 is 10.3 Å². The topological polar surface area (TPSA) is 104 Å². The standard InChI is InChI=1S/C10H15N3O4S/c1-2-3-4-5-6-13-9(14)7(11-16)18-8(12-17)10(13)15/h14,17H,2-6H2,1H3. The number of unbranched alkanes of at least 4 members (excludes halogenated alkanes) is 3. The lowest BCUT2D eigenvalue weighted by atomic mass is 10.2. The van der Waals surface area contributed by atoms with Crippen LogP contribution in [0.5, 0.6) is 5.88 Å². The minimum atomic E-state index is -0.621. The molecule has 0 saturated carbocycles. The Labute approximate surface area is 107 Å². The van der Waals surface area contributed by atoms with Crippen LogP contribution in [0.15, 0.2) is 15.1 Å². The molecule has 18 heavy (non-hydrogen) atoms. The highest BCUT2D eigenvalue weighted by atomic mass is 32.1. The van der Waals surface area contributed by atoms with Gasteiger partial charge in [0.2, 0.25) is 15.6 Å². The summed E-state index contributed by atoms with van der Waals surface area (Å²) in [6, 6.07) is 0. The van der Waals surface area contributed by atoms with E-state index in [9.17, 15) is 14.8 Å². The monoisotopic (exact) mass is 273 g/mol. The number of aromatic nitrogens is 1. The molecular formula is C10H15N3O4S. The molecule has 0 aliphatic carbocycles. The molecule has 100 valence electrons. The zero-order valence-electron chi connectivity index (χ0n) is 10.00. The molecule has 0 radical (unpaired) electrons. The number of aromatic hydroxyl groups is 1. The number of rotatable bonds is 6. The molecule has 0 bridgehead atoms. The number of nitrogens with zero attached hydrogens (tertiary/aromatic N) is 3. The number of hydrogen-bond donors (Lipinski definition) is 2. The highest BCUT2D eigenvalue weighted by molar-refractivity contribution is 7.13. The first-order valence-electron chi connectivity index (χ1n) is 5.64. The molecule has 1 aromatic heterocycles. The molecule has 7 nitrogen and oxygen atoms in total. The quantitative estimate of drug-likeness (QED) is 0.357. The van der Waals surface area contributed by atoms with Gasteiger partial charge in [0.15, 0.2) is 0 Å². The molecule has 2 N–H and O–H groups in total. The third kappa shape index (κ3) is 3.16. The van der Waals surface area contributed by atoms with Crippen molar-refractivity contribution >= 4 is 16.3 Å². The lowest BCUT2D eigenvalue weighted by molar-refractivity contribution is 0.301. The van der Waals surface area contributed by atoms with E-state index in [2.05, 4.69) is 17.3 Å². The molecule has 0 fully saturated rings. The molecule has 0 unspecified atom stereocenters. The first kappa shape index (κ1) is 14.4. The van der Waals surface area contributed by atoms with Crippen LogP contribution in [0, 0.1) is 4.91 Å². The van der Waals surface area contributed by atoms with Crippen molar-refractivity contribution in [2.45, 2.75) is 39.2 Å². The fraction of sp³-hybridized carbons (Fsp3) is 0.600. The van der Waals surface area contributed by atoms with Gasteiger partial charge in [-0.3, -0.25) is 9.36 Å². The van der Waals surface area contributed by atoms with E-state index in [1.165, 1.54) is 0 Å². The van der Waals surface area contributed by atoms with Gasteiger partial charge in [-0.25, -0.2) is 0 Å². The van der Waals surface area contributed by atoms with E-state index < -0.39 is 11.4 Å². The van der Waals surface area contributed by atoms with Gasteiger partial charge in [-0.15, -0.1) is 4.91 Å². The van der Waals surface area contributed by atoms with Crippen molar-refractivity contribution in [3.05, 3.63) is 19.9 Å². The molecule has 1 aromatic rings. The summed E-state index contributed by atoms with van der Waals surface area (Å²) < 4.78 is 0.746. The van der Waals surface area contributed by atoms with Crippen molar-refractivity contribution in [2.75, 3.05) is 0 Å². The zero-order chi connectivity index (χ0) is 13.5. The molecule has 0 amide bonds. The van der Waals surface area contributed by atoms with Crippen molar-refractivity contribution in [3.8, 4) is 5.88 Å².